The van der Waals surface area contributed by atoms with Crippen molar-refractivity contribution >= 4 is 0 Å². The van der Waals surface area contributed by atoms with Gasteiger partial charge >= 0.3 is 0 Å². The fourth-order valence-electron chi connectivity index (χ4n) is 9.52. The van der Waals surface area contributed by atoms with Gasteiger partial charge in [-0.3, -0.25) is 19.4 Å². The van der Waals surface area contributed by atoms with Crippen LogP contribution in [0.15, 0.2) is 58.1 Å². The third-order valence-corrected chi connectivity index (χ3v) is 13.0. The Hall–Kier alpha value is -3.54. The summed E-state index contributed by atoms with van der Waals surface area (Å²) in [5, 5.41) is 3.43. The molecule has 0 radical (unpaired) electrons. The lowest BCUT2D eigenvalue weighted by Crippen LogP contribution is -2.35. The van der Waals surface area contributed by atoms with E-state index in [4.69, 9.17) is 0 Å². The molecule has 2 heterocycles. The molecule has 0 aliphatic heterocycles. The quantitative estimate of drug-likeness (QED) is 0.271. The van der Waals surface area contributed by atoms with E-state index in [9.17, 15) is 9.59 Å². The van der Waals surface area contributed by atoms with Gasteiger partial charge in [0.15, 0.2) is 0 Å². The second-order valence-electron chi connectivity index (χ2n) is 15.4. The highest BCUT2D eigenvalue weighted by atomic mass is 16.1. The molecule has 4 aliphatic carbocycles. The van der Waals surface area contributed by atoms with Crippen LogP contribution in [0, 0.1) is 24.7 Å². The molecule has 4 aliphatic rings. The first-order valence-electron chi connectivity index (χ1n) is 16.0. The number of hydrogen-bond acceptors (Lipinski definition) is 2. The van der Waals surface area contributed by atoms with E-state index in [1.165, 1.54) is 35.4 Å². The van der Waals surface area contributed by atoms with Crippen LogP contribution < -0.4 is 11.1 Å². The number of rotatable bonds is 2. The molecule has 8 rings (SSSR count). The fourth-order valence-corrected chi connectivity index (χ4v) is 9.52. The number of aromatic amines is 1. The van der Waals surface area contributed by atoms with Crippen LogP contribution in [-0.2, 0) is 17.9 Å². The average Bonchev–Trinajstić information content (AvgIpc) is 3.67. The van der Waals surface area contributed by atoms with Crippen molar-refractivity contribution < 1.29 is 0 Å². The van der Waals surface area contributed by atoms with Crippen LogP contribution in [0.25, 0.3) is 11.4 Å². The van der Waals surface area contributed by atoms with E-state index >= 15 is 0 Å². The van der Waals surface area contributed by atoms with Crippen LogP contribution >= 0.6 is 0 Å². The van der Waals surface area contributed by atoms with E-state index < -0.39 is 0 Å². The highest BCUT2D eigenvalue weighted by Gasteiger charge is 2.63. The molecule has 0 spiro atoms. The van der Waals surface area contributed by atoms with Gasteiger partial charge in [-0.05, 0) is 86.5 Å². The van der Waals surface area contributed by atoms with E-state index in [1.807, 2.05) is 48.1 Å². The minimum Gasteiger partial charge on any atom is -0.294 e. The molecule has 6 nitrogen and oxygen atoms in total. The monoisotopic (exact) mass is 578 g/mol. The van der Waals surface area contributed by atoms with Crippen molar-refractivity contribution in [1.82, 2.24) is 19.1 Å². The van der Waals surface area contributed by atoms with Gasteiger partial charge in [-0.1, -0.05) is 76.9 Å². The lowest BCUT2D eigenvalue weighted by Gasteiger charge is -2.36. The first-order valence-corrected chi connectivity index (χ1v) is 16.0. The number of H-pyrrole nitrogens is 1. The van der Waals surface area contributed by atoms with Crippen LogP contribution in [-0.4, -0.2) is 19.1 Å². The molecule has 2 fully saturated rings. The molecule has 1 N–H and O–H groups in total. The fraction of sp³-hybridized carbons (Fsp3) is 0.514. The zero-order valence-corrected chi connectivity index (χ0v) is 27.3. The number of benzene rings is 2. The predicted octanol–water partition coefficient (Wildman–Crippen LogP) is 7.31. The van der Waals surface area contributed by atoms with Crippen LogP contribution in [0.3, 0.4) is 0 Å². The van der Waals surface area contributed by atoms with Crippen molar-refractivity contribution in [2.75, 3.05) is 0 Å². The standard InChI is InChI=1S/C19H24N2O.C18H22N2O/c1-12-6-8-13(9-7-12)21-17(22)15-14-10-11-19(4,18(14,2)3)16(15)20(21)5;1-11-5-7-12(8-6-11)20-16(21)14-13-9-10-18(4,15(14)19-20)17(13,2)3/h6-9,14H,10-11H2,1-5H3;5-8,13,19H,9-10H2,1-4H3/t14-,19+;13-,18+/m11/s1. The van der Waals surface area contributed by atoms with Gasteiger partial charge in [-0.2, -0.15) is 0 Å². The Bertz CT molecular complexity index is 1880. The Kier molecular flexibility index (Phi) is 5.76. The molecule has 0 amide bonds. The van der Waals surface area contributed by atoms with Crippen LogP contribution in [0.4, 0.5) is 0 Å². The van der Waals surface area contributed by atoms with Crippen molar-refractivity contribution in [3.8, 4) is 11.4 Å². The normalized spacial score (nSPS) is 28.5. The lowest BCUT2D eigenvalue weighted by molar-refractivity contribution is 0.218. The number of aromatic nitrogens is 4. The van der Waals surface area contributed by atoms with Crippen molar-refractivity contribution in [2.24, 2.45) is 17.9 Å². The van der Waals surface area contributed by atoms with Gasteiger partial charge in [0.2, 0.25) is 0 Å². The Morgan fingerprint density at radius 2 is 1.16 bits per heavy atom. The van der Waals surface area contributed by atoms with Crippen LogP contribution in [0.5, 0.6) is 0 Å². The Balaban J connectivity index is 0.000000140. The molecule has 2 aromatic carbocycles. The first kappa shape index (κ1) is 28.2. The molecule has 2 aromatic heterocycles. The average molecular weight is 579 g/mol. The van der Waals surface area contributed by atoms with Crippen LogP contribution in [0.1, 0.15) is 113 Å². The van der Waals surface area contributed by atoms with Gasteiger partial charge < -0.3 is 0 Å². The summed E-state index contributed by atoms with van der Waals surface area (Å²) in [5.41, 5.74) is 9.77. The van der Waals surface area contributed by atoms with Gasteiger partial charge in [0.05, 0.1) is 17.1 Å². The molecule has 4 aromatic rings. The predicted molar refractivity (Wildman–Crippen MR) is 173 cm³/mol. The number of aryl methyl sites for hydroxylation is 2. The molecule has 2 saturated carbocycles. The number of hydrogen-bond donors (Lipinski definition) is 1. The van der Waals surface area contributed by atoms with Crippen molar-refractivity contribution in [2.45, 2.75) is 104 Å². The maximum atomic E-state index is 13.1. The van der Waals surface area contributed by atoms with Gasteiger partial charge in [0.1, 0.15) is 0 Å². The lowest BCUT2D eigenvalue weighted by atomic mass is 9.70. The Labute approximate surface area is 254 Å². The summed E-state index contributed by atoms with van der Waals surface area (Å²) in [6.45, 7) is 18.1. The minimum absolute atomic E-state index is 0.0993. The molecule has 0 saturated heterocycles. The van der Waals surface area contributed by atoms with E-state index in [2.05, 4.69) is 77.3 Å². The van der Waals surface area contributed by atoms with Gasteiger partial charge in [-0.15, -0.1) is 0 Å². The topological polar surface area (TPSA) is 64.7 Å². The zero-order chi connectivity index (χ0) is 30.9. The van der Waals surface area contributed by atoms with Gasteiger partial charge in [-0.25, -0.2) is 9.36 Å². The number of nitrogens with one attached hydrogen (secondary N) is 1. The van der Waals surface area contributed by atoms with E-state index in [1.54, 1.807) is 4.68 Å². The first-order chi connectivity index (χ1) is 20.1. The Morgan fingerprint density at radius 3 is 1.70 bits per heavy atom. The molecule has 4 bridgehead atoms. The number of nitrogens with zero attached hydrogens (tertiary/aromatic N) is 3. The smallest absolute Gasteiger partial charge is 0.275 e. The summed E-state index contributed by atoms with van der Waals surface area (Å²) in [5.74, 6) is 0.797. The van der Waals surface area contributed by atoms with Gasteiger partial charge in [0.25, 0.3) is 11.1 Å². The third-order valence-electron chi connectivity index (χ3n) is 13.0. The molecule has 6 heteroatoms. The summed E-state index contributed by atoms with van der Waals surface area (Å²) in [4.78, 5) is 26.0. The van der Waals surface area contributed by atoms with Crippen molar-refractivity contribution in [3.05, 3.63) is 103 Å². The highest BCUT2D eigenvalue weighted by Crippen LogP contribution is 2.67. The van der Waals surface area contributed by atoms with Crippen LogP contribution in [0.2, 0.25) is 0 Å². The summed E-state index contributed by atoms with van der Waals surface area (Å²) in [6, 6.07) is 16.3. The van der Waals surface area contributed by atoms with E-state index in [0.717, 1.165) is 35.3 Å². The molecular weight excluding hydrogens is 532 g/mol. The largest absolute Gasteiger partial charge is 0.294 e. The van der Waals surface area contributed by atoms with Crippen molar-refractivity contribution in [3.63, 3.8) is 0 Å². The molecule has 226 valence electrons. The second kappa shape index (κ2) is 8.77. The Morgan fingerprint density at radius 1 is 0.674 bits per heavy atom. The molecule has 0 unspecified atom stereocenters. The van der Waals surface area contributed by atoms with Crippen molar-refractivity contribution in [1.29, 1.82) is 0 Å². The maximum absolute atomic E-state index is 13.1. The molecule has 43 heavy (non-hydrogen) atoms. The summed E-state index contributed by atoms with van der Waals surface area (Å²) >= 11 is 0. The maximum Gasteiger partial charge on any atom is 0.275 e. The molecule has 4 atom stereocenters. The molecular formula is C37H46N4O2. The second-order valence-corrected chi connectivity index (χ2v) is 15.4. The third kappa shape index (κ3) is 3.41. The number of fused-ring (bicyclic) bond motifs is 10. The van der Waals surface area contributed by atoms with E-state index in [-0.39, 0.29) is 32.8 Å². The zero-order valence-electron chi connectivity index (χ0n) is 27.3. The highest BCUT2D eigenvalue weighted by molar-refractivity contribution is 5.48. The summed E-state index contributed by atoms with van der Waals surface area (Å²) in [7, 11) is 2.04. The summed E-state index contributed by atoms with van der Waals surface area (Å²) < 4.78 is 5.70. The van der Waals surface area contributed by atoms with Gasteiger partial charge in [0, 0.05) is 34.7 Å². The van der Waals surface area contributed by atoms with E-state index in [0.29, 0.717) is 11.8 Å². The summed E-state index contributed by atoms with van der Waals surface area (Å²) in [6.07, 6.45) is 4.63. The SMILES string of the molecule is Cc1ccc(-n2[nH]c3c(c2=O)[C@H]2CC[C@]3(C)C2(C)C)cc1.Cc1ccc(-n2c(=O)c3c(n2C)[C@]2(C)CC[C@H]3C2(C)C)cc1. The minimum atomic E-state index is 0.0993.